The lowest BCUT2D eigenvalue weighted by Crippen LogP contribution is -2.05. The molecule has 0 N–H and O–H groups in total. The van der Waals surface area contributed by atoms with Gasteiger partial charge in [-0.15, -0.1) is 0 Å². The summed E-state index contributed by atoms with van der Waals surface area (Å²) in [4.78, 5) is 12.3. The average Bonchev–Trinajstić information content (AvgIpc) is 2.14. The Labute approximate surface area is 103 Å². The van der Waals surface area contributed by atoms with Gasteiger partial charge in [0.2, 0.25) is 5.03 Å². The molecule has 0 bridgehead atoms. The fraction of sp³-hybridized carbons (Fsp3) is 0.167. The van der Waals surface area contributed by atoms with Crippen molar-refractivity contribution in [1.82, 2.24) is 4.98 Å². The summed E-state index contributed by atoms with van der Waals surface area (Å²) in [6.07, 6.45) is -3.18. The largest absolute Gasteiger partial charge is 0.309 e. The Balaban J connectivity index is 3.66. The third-order valence-corrected chi connectivity index (χ3v) is 3.09. The third-order valence-electron chi connectivity index (χ3n) is 1.58. The lowest BCUT2D eigenvalue weighted by atomic mass is 10.3. The predicted molar refractivity (Wildman–Crippen MR) is 53.9 cm³/mol. The van der Waals surface area contributed by atoms with Crippen molar-refractivity contribution in [2.24, 2.45) is 0 Å². The highest BCUT2D eigenvalue weighted by Gasteiger charge is 2.30. The van der Waals surface area contributed by atoms with E-state index in [1.54, 1.807) is 0 Å². The van der Waals surface area contributed by atoms with E-state index < -0.39 is 41.8 Å². The molecular weight excluding hydrogens is 305 g/mol. The molecule has 0 unspecified atom stereocenters. The van der Waals surface area contributed by atoms with E-state index >= 15 is 0 Å². The second-order valence-electron chi connectivity index (χ2n) is 2.68. The van der Waals surface area contributed by atoms with Crippen LogP contribution in [0.2, 0.25) is 5.02 Å². The predicted octanol–water partition coefficient (Wildman–Crippen LogP) is 2.51. The van der Waals surface area contributed by atoms with Crippen LogP contribution in [0, 0.1) is 10.1 Å². The normalized spacial score (nSPS) is 11.8. The van der Waals surface area contributed by atoms with E-state index in [0.29, 0.717) is 6.07 Å². The maximum Gasteiger partial charge on any atom is 0.309 e. The minimum absolute atomic E-state index is 0.464. The fourth-order valence-corrected chi connectivity index (χ4v) is 2.10. The third kappa shape index (κ3) is 2.99. The number of rotatable bonds is 3. The van der Waals surface area contributed by atoms with Gasteiger partial charge >= 0.3 is 5.69 Å². The molecule has 0 fully saturated rings. The molecule has 0 radical (unpaired) electrons. The van der Waals surface area contributed by atoms with Gasteiger partial charge in [-0.1, -0.05) is 11.6 Å². The molecule has 0 atom stereocenters. The van der Waals surface area contributed by atoms with Gasteiger partial charge < -0.3 is 0 Å². The first-order chi connectivity index (χ1) is 7.64. The Hall–Kier alpha value is -1.06. The number of aromatic nitrogens is 1. The van der Waals surface area contributed by atoms with Gasteiger partial charge in [0.1, 0.15) is 5.69 Å². The van der Waals surface area contributed by atoms with Gasteiger partial charge in [-0.25, -0.2) is 22.2 Å². The average molecular weight is 307 g/mol. The minimum atomic E-state index is -4.62. The summed E-state index contributed by atoms with van der Waals surface area (Å²) in [6, 6.07) is 0.464. The fourth-order valence-electron chi connectivity index (χ4n) is 0.939. The SMILES string of the molecule is O=[N+]([O-])c1cc(Cl)c(C(F)F)nc1S(=O)(=O)Cl. The van der Waals surface area contributed by atoms with Crippen LogP contribution in [0.15, 0.2) is 11.1 Å². The molecule has 1 rings (SSSR count). The summed E-state index contributed by atoms with van der Waals surface area (Å²) in [5.41, 5.74) is -2.15. The summed E-state index contributed by atoms with van der Waals surface area (Å²) < 4.78 is 46.7. The van der Waals surface area contributed by atoms with Gasteiger partial charge in [-0.05, 0) is 0 Å². The standard InChI is InChI=1S/C6H2Cl2F2N2O4S/c7-2-1-3(12(13)14)6(17(8,15)16)11-4(2)5(9)10/h1,5H. The lowest BCUT2D eigenvalue weighted by molar-refractivity contribution is -0.388. The number of halogens is 4. The molecule has 17 heavy (non-hydrogen) atoms. The molecular formula is C6H2Cl2F2N2O4S. The number of nitrogens with zero attached hydrogens (tertiary/aromatic N) is 2. The van der Waals surface area contributed by atoms with E-state index in [0.717, 1.165) is 0 Å². The molecule has 0 saturated carbocycles. The zero-order chi connectivity index (χ0) is 13.4. The molecule has 0 saturated heterocycles. The van der Waals surface area contributed by atoms with E-state index in [1.165, 1.54) is 0 Å². The molecule has 1 aromatic heterocycles. The molecule has 0 aliphatic carbocycles. The maximum atomic E-state index is 12.4. The van der Waals surface area contributed by atoms with Gasteiger partial charge in [0.15, 0.2) is 0 Å². The monoisotopic (exact) mass is 306 g/mol. The smallest absolute Gasteiger partial charge is 0.258 e. The molecule has 0 aliphatic rings. The minimum Gasteiger partial charge on any atom is -0.258 e. The van der Waals surface area contributed by atoms with Crippen LogP contribution in [0.4, 0.5) is 14.5 Å². The van der Waals surface area contributed by atoms with E-state index in [9.17, 15) is 27.3 Å². The zero-order valence-corrected chi connectivity index (χ0v) is 9.93. The first kappa shape index (κ1) is 14.0. The molecule has 0 aromatic carbocycles. The van der Waals surface area contributed by atoms with Crippen LogP contribution in [0.25, 0.3) is 0 Å². The van der Waals surface area contributed by atoms with Crippen LogP contribution in [0.1, 0.15) is 12.1 Å². The van der Waals surface area contributed by atoms with E-state index in [2.05, 4.69) is 4.98 Å². The zero-order valence-electron chi connectivity index (χ0n) is 7.60. The van der Waals surface area contributed by atoms with E-state index in [-0.39, 0.29) is 0 Å². The first-order valence-electron chi connectivity index (χ1n) is 3.72. The number of pyridine rings is 1. The van der Waals surface area contributed by atoms with E-state index in [1.807, 2.05) is 0 Å². The summed E-state index contributed by atoms with van der Waals surface area (Å²) in [5, 5.41) is 8.53. The number of alkyl halides is 2. The molecule has 94 valence electrons. The highest BCUT2D eigenvalue weighted by atomic mass is 35.7. The van der Waals surface area contributed by atoms with Crippen molar-refractivity contribution < 1.29 is 22.1 Å². The summed E-state index contributed by atoms with van der Waals surface area (Å²) in [6.45, 7) is 0. The Morgan fingerprint density at radius 2 is 2.00 bits per heavy atom. The van der Waals surface area contributed by atoms with Crippen LogP contribution < -0.4 is 0 Å². The second kappa shape index (κ2) is 4.67. The Morgan fingerprint density at radius 1 is 1.47 bits per heavy atom. The van der Waals surface area contributed by atoms with Crippen molar-refractivity contribution in [3.63, 3.8) is 0 Å². The van der Waals surface area contributed by atoms with Gasteiger partial charge in [0.25, 0.3) is 15.5 Å². The van der Waals surface area contributed by atoms with Crippen molar-refractivity contribution in [2.45, 2.75) is 11.5 Å². The molecule has 0 aliphatic heterocycles. The lowest BCUT2D eigenvalue weighted by Gasteiger charge is -2.04. The second-order valence-corrected chi connectivity index (χ2v) is 5.56. The molecule has 0 spiro atoms. The number of hydrogen-bond donors (Lipinski definition) is 0. The molecule has 1 aromatic rings. The Bertz CT molecular complexity index is 578. The van der Waals surface area contributed by atoms with Crippen LogP contribution >= 0.6 is 22.3 Å². The maximum absolute atomic E-state index is 12.4. The van der Waals surface area contributed by atoms with Crippen molar-refractivity contribution in [3.8, 4) is 0 Å². The van der Waals surface area contributed by atoms with Crippen LogP contribution in [-0.4, -0.2) is 18.3 Å². The molecule has 11 heteroatoms. The Kier molecular flexibility index (Phi) is 3.84. The summed E-state index contributed by atoms with van der Waals surface area (Å²) >= 11 is 5.31. The summed E-state index contributed by atoms with van der Waals surface area (Å²) in [7, 11) is 0.230. The molecule has 0 amide bonds. The van der Waals surface area contributed by atoms with Gasteiger partial charge in [-0.3, -0.25) is 10.1 Å². The van der Waals surface area contributed by atoms with Crippen molar-refractivity contribution >= 4 is 37.0 Å². The highest BCUT2D eigenvalue weighted by molar-refractivity contribution is 8.13. The van der Waals surface area contributed by atoms with Crippen molar-refractivity contribution in [1.29, 1.82) is 0 Å². The Morgan fingerprint density at radius 3 is 2.35 bits per heavy atom. The van der Waals surface area contributed by atoms with Gasteiger partial charge in [0, 0.05) is 16.7 Å². The summed E-state index contributed by atoms with van der Waals surface area (Å²) in [5.74, 6) is 0. The number of hydrogen-bond acceptors (Lipinski definition) is 5. The van der Waals surface area contributed by atoms with Crippen molar-refractivity contribution in [2.75, 3.05) is 0 Å². The highest BCUT2D eigenvalue weighted by Crippen LogP contribution is 2.33. The molecule has 1 heterocycles. The first-order valence-corrected chi connectivity index (χ1v) is 6.41. The van der Waals surface area contributed by atoms with Crippen LogP contribution in [-0.2, 0) is 9.05 Å². The van der Waals surface area contributed by atoms with Crippen LogP contribution in [0.3, 0.4) is 0 Å². The van der Waals surface area contributed by atoms with Crippen molar-refractivity contribution in [3.05, 3.63) is 26.9 Å². The van der Waals surface area contributed by atoms with E-state index in [4.69, 9.17) is 22.3 Å². The van der Waals surface area contributed by atoms with Gasteiger partial charge in [-0.2, -0.15) is 0 Å². The van der Waals surface area contributed by atoms with Crippen LogP contribution in [0.5, 0.6) is 0 Å². The topological polar surface area (TPSA) is 90.2 Å². The quantitative estimate of drug-likeness (QED) is 0.486. The number of nitro groups is 1. The van der Waals surface area contributed by atoms with Gasteiger partial charge in [0.05, 0.1) is 9.95 Å². The molecule has 6 nitrogen and oxygen atoms in total.